The van der Waals surface area contributed by atoms with Crippen molar-refractivity contribution >= 4 is 17.4 Å². The first-order chi connectivity index (χ1) is 17.3. The molecule has 0 aliphatic carbocycles. The van der Waals surface area contributed by atoms with E-state index in [0.29, 0.717) is 36.8 Å². The van der Waals surface area contributed by atoms with E-state index in [1.807, 2.05) is 45.0 Å². The van der Waals surface area contributed by atoms with Gasteiger partial charge in [0.25, 0.3) is 11.7 Å². The van der Waals surface area contributed by atoms with E-state index >= 15 is 0 Å². The number of benzene rings is 2. The summed E-state index contributed by atoms with van der Waals surface area (Å²) in [6.45, 7) is 13.3. The van der Waals surface area contributed by atoms with E-state index < -0.39 is 17.7 Å². The number of carbonyl (C=O) groups is 2. The highest BCUT2D eigenvalue weighted by Crippen LogP contribution is 2.40. The number of ketones is 1. The lowest BCUT2D eigenvalue weighted by molar-refractivity contribution is -0.140. The maximum absolute atomic E-state index is 13.3. The van der Waals surface area contributed by atoms with Crippen LogP contribution in [0.15, 0.2) is 54.1 Å². The summed E-state index contributed by atoms with van der Waals surface area (Å²) in [5.41, 5.74) is 1.26. The molecule has 36 heavy (non-hydrogen) atoms. The quantitative estimate of drug-likeness (QED) is 0.253. The molecule has 0 radical (unpaired) electrons. The molecular weight excluding hydrogens is 456 g/mol. The van der Waals surface area contributed by atoms with E-state index in [9.17, 15) is 14.7 Å². The van der Waals surface area contributed by atoms with E-state index in [2.05, 4.69) is 18.7 Å². The number of hydrogen-bond acceptors (Lipinski definition) is 6. The van der Waals surface area contributed by atoms with E-state index in [1.54, 1.807) is 29.2 Å². The minimum atomic E-state index is -0.715. The van der Waals surface area contributed by atoms with E-state index in [1.165, 1.54) is 0 Å². The van der Waals surface area contributed by atoms with Crippen LogP contribution in [0.3, 0.4) is 0 Å². The van der Waals surface area contributed by atoms with Crippen molar-refractivity contribution in [2.24, 2.45) is 0 Å². The van der Waals surface area contributed by atoms with Crippen LogP contribution in [0.1, 0.15) is 58.2 Å². The maximum atomic E-state index is 13.3. The van der Waals surface area contributed by atoms with Crippen molar-refractivity contribution < 1.29 is 24.2 Å². The van der Waals surface area contributed by atoms with Gasteiger partial charge in [0.1, 0.15) is 17.3 Å². The summed E-state index contributed by atoms with van der Waals surface area (Å²) < 4.78 is 11.5. The van der Waals surface area contributed by atoms with Gasteiger partial charge in [-0.3, -0.25) is 9.59 Å². The molecule has 2 aromatic rings. The van der Waals surface area contributed by atoms with Crippen molar-refractivity contribution in [3.63, 3.8) is 0 Å². The fraction of sp³-hybridized carbons (Fsp3) is 0.448. The van der Waals surface area contributed by atoms with Crippen molar-refractivity contribution in [2.45, 2.75) is 53.2 Å². The second-order valence-corrected chi connectivity index (χ2v) is 9.13. The monoisotopic (exact) mass is 494 g/mol. The summed E-state index contributed by atoms with van der Waals surface area (Å²) in [7, 11) is 0. The number of ether oxygens (including phenoxy) is 2. The van der Waals surface area contributed by atoms with E-state index in [-0.39, 0.29) is 17.4 Å². The zero-order valence-corrected chi connectivity index (χ0v) is 22.0. The molecule has 1 unspecified atom stereocenters. The molecule has 1 aliphatic heterocycles. The molecule has 3 rings (SSSR count). The van der Waals surface area contributed by atoms with Crippen molar-refractivity contribution in [1.29, 1.82) is 0 Å². The van der Waals surface area contributed by atoms with Crippen LogP contribution in [0, 0.1) is 0 Å². The molecule has 0 saturated carbocycles. The number of aliphatic hydroxyl groups is 1. The van der Waals surface area contributed by atoms with Gasteiger partial charge in [0, 0.05) is 18.7 Å². The van der Waals surface area contributed by atoms with E-state index in [4.69, 9.17) is 9.47 Å². The van der Waals surface area contributed by atoms with Crippen LogP contribution in [-0.2, 0) is 9.59 Å². The van der Waals surface area contributed by atoms with Gasteiger partial charge in [0.05, 0.1) is 24.3 Å². The number of Topliss-reactive ketones (excluding diaryl/α,β-unsaturated/α-hetero) is 1. The molecule has 7 nitrogen and oxygen atoms in total. The summed E-state index contributed by atoms with van der Waals surface area (Å²) in [5, 5.41) is 11.3. The molecular formula is C29H38N2O5. The molecule has 1 saturated heterocycles. The van der Waals surface area contributed by atoms with Crippen LogP contribution in [0.5, 0.6) is 11.5 Å². The Morgan fingerprint density at radius 2 is 1.72 bits per heavy atom. The Bertz CT molecular complexity index is 1070. The summed E-state index contributed by atoms with van der Waals surface area (Å²) in [6.07, 6.45) is 0.862. The summed E-state index contributed by atoms with van der Waals surface area (Å²) >= 11 is 0. The summed E-state index contributed by atoms with van der Waals surface area (Å²) in [5.74, 6) is -0.149. The lowest BCUT2D eigenvalue weighted by atomic mass is 9.95. The standard InChI is InChI=1S/C29H38N2O5/c1-6-18-35-23-14-12-21(13-15-23)27(32)25-26(22-10-9-11-24(19-22)36-20(4)5)31(29(34)28(25)33)17-16-30(7-2)8-3/h9-15,19-20,26,32H,6-8,16-18H2,1-5H3/b27-25-. The highest BCUT2D eigenvalue weighted by atomic mass is 16.5. The first-order valence-electron chi connectivity index (χ1n) is 12.8. The minimum absolute atomic E-state index is 0.0253. The van der Waals surface area contributed by atoms with Gasteiger partial charge in [0.2, 0.25) is 0 Å². The molecule has 0 aromatic heterocycles. The molecule has 1 amide bonds. The predicted molar refractivity (Wildman–Crippen MR) is 141 cm³/mol. The Balaban J connectivity index is 2.06. The summed E-state index contributed by atoms with van der Waals surface area (Å²) in [4.78, 5) is 30.3. The number of aliphatic hydroxyl groups excluding tert-OH is 1. The highest BCUT2D eigenvalue weighted by molar-refractivity contribution is 6.46. The van der Waals surface area contributed by atoms with Gasteiger partial charge in [0.15, 0.2) is 0 Å². The molecule has 0 bridgehead atoms. The predicted octanol–water partition coefficient (Wildman–Crippen LogP) is 5.03. The van der Waals surface area contributed by atoms with Crippen LogP contribution in [0.4, 0.5) is 0 Å². The van der Waals surface area contributed by atoms with Crippen molar-refractivity contribution in [3.8, 4) is 11.5 Å². The van der Waals surface area contributed by atoms with Gasteiger partial charge in [-0.2, -0.15) is 0 Å². The highest BCUT2D eigenvalue weighted by Gasteiger charge is 2.46. The van der Waals surface area contributed by atoms with Crippen molar-refractivity contribution in [1.82, 2.24) is 9.80 Å². The van der Waals surface area contributed by atoms with Crippen molar-refractivity contribution in [2.75, 3.05) is 32.8 Å². The zero-order chi connectivity index (χ0) is 26.2. The second kappa shape index (κ2) is 12.6. The third-order valence-corrected chi connectivity index (χ3v) is 6.24. The molecule has 194 valence electrons. The average molecular weight is 495 g/mol. The smallest absolute Gasteiger partial charge is 0.295 e. The third kappa shape index (κ3) is 6.26. The fourth-order valence-electron chi connectivity index (χ4n) is 4.36. The molecule has 1 atom stereocenters. The second-order valence-electron chi connectivity index (χ2n) is 9.13. The van der Waals surface area contributed by atoms with E-state index in [0.717, 1.165) is 25.1 Å². The number of hydrogen-bond donors (Lipinski definition) is 1. The molecule has 1 N–H and O–H groups in total. The van der Waals surface area contributed by atoms with Crippen LogP contribution < -0.4 is 9.47 Å². The number of nitrogens with zero attached hydrogens (tertiary/aromatic N) is 2. The normalized spacial score (nSPS) is 17.3. The SMILES string of the molecule is CCCOc1ccc(/C(O)=C2/C(=O)C(=O)N(CCN(CC)CC)C2c2cccc(OC(C)C)c2)cc1. The van der Waals surface area contributed by atoms with Crippen LogP contribution in [-0.4, -0.2) is 65.5 Å². The minimum Gasteiger partial charge on any atom is -0.507 e. The third-order valence-electron chi connectivity index (χ3n) is 6.24. The molecule has 7 heteroatoms. The first-order valence-corrected chi connectivity index (χ1v) is 12.8. The zero-order valence-electron chi connectivity index (χ0n) is 22.0. The largest absolute Gasteiger partial charge is 0.507 e. The molecule has 2 aromatic carbocycles. The Labute approximate surface area is 214 Å². The fourth-order valence-corrected chi connectivity index (χ4v) is 4.36. The Kier molecular flexibility index (Phi) is 9.53. The van der Waals surface area contributed by atoms with Crippen LogP contribution in [0.2, 0.25) is 0 Å². The molecule has 0 spiro atoms. The maximum Gasteiger partial charge on any atom is 0.295 e. The van der Waals surface area contributed by atoms with Crippen LogP contribution in [0.25, 0.3) is 5.76 Å². The number of likely N-dealkylation sites (N-methyl/N-ethyl adjacent to an activating group) is 1. The molecule has 1 fully saturated rings. The average Bonchev–Trinajstić information content (AvgIpc) is 3.12. The lowest BCUT2D eigenvalue weighted by Gasteiger charge is -2.28. The topological polar surface area (TPSA) is 79.3 Å². The first kappa shape index (κ1) is 27.3. The van der Waals surface area contributed by atoms with Gasteiger partial charge in [-0.15, -0.1) is 0 Å². The van der Waals surface area contributed by atoms with Gasteiger partial charge in [-0.1, -0.05) is 32.9 Å². The number of likely N-dealkylation sites (tertiary alicyclic amines) is 1. The number of rotatable bonds is 12. The lowest BCUT2D eigenvalue weighted by Crippen LogP contribution is -2.38. The molecule has 1 heterocycles. The van der Waals surface area contributed by atoms with Crippen molar-refractivity contribution in [3.05, 3.63) is 65.2 Å². The van der Waals surface area contributed by atoms with Gasteiger partial charge in [-0.25, -0.2) is 0 Å². The number of carbonyl (C=O) groups excluding carboxylic acids is 2. The Hall–Kier alpha value is -3.32. The van der Waals surface area contributed by atoms with Crippen LogP contribution >= 0.6 is 0 Å². The summed E-state index contributed by atoms with van der Waals surface area (Å²) in [6, 6.07) is 13.6. The van der Waals surface area contributed by atoms with Gasteiger partial charge in [-0.05, 0) is 75.3 Å². The Morgan fingerprint density at radius 1 is 1.03 bits per heavy atom. The Morgan fingerprint density at radius 3 is 2.33 bits per heavy atom. The van der Waals surface area contributed by atoms with Gasteiger partial charge >= 0.3 is 0 Å². The van der Waals surface area contributed by atoms with Gasteiger partial charge < -0.3 is 24.4 Å². The molecule has 1 aliphatic rings. The number of amides is 1.